The molecule has 138 valence electrons. The first-order valence-electron chi connectivity index (χ1n) is 9.28. The molecule has 5 heteroatoms. The molecule has 0 atom stereocenters. The number of fused-ring (bicyclic) bond motifs is 1. The molecule has 1 N–H and O–H groups in total. The third kappa shape index (κ3) is 3.51. The standard InChI is InChI=1S/C22H23N3O2/c1-27-20-10-6-5-9-17(20)21-24-19-11-13-23-15-18(19)22(26)25(21)14-12-16-7-3-2-4-8-16/h2-10,23H,11-15H2,1H3. The molecule has 1 aliphatic heterocycles. The molecule has 5 nitrogen and oxygen atoms in total. The highest BCUT2D eigenvalue weighted by atomic mass is 16.5. The average Bonchev–Trinajstić information content (AvgIpc) is 2.73. The zero-order chi connectivity index (χ0) is 18.6. The van der Waals surface area contributed by atoms with Crippen LogP contribution in [0.2, 0.25) is 0 Å². The normalized spacial score (nSPS) is 13.2. The predicted octanol–water partition coefficient (Wildman–Crippen LogP) is 2.81. The molecule has 2 heterocycles. The SMILES string of the molecule is COc1ccccc1-c1nc2c(c(=O)n1CCc1ccccc1)CNCC2. The number of aryl methyl sites for hydroxylation is 1. The number of hydrogen-bond donors (Lipinski definition) is 1. The van der Waals surface area contributed by atoms with Crippen LogP contribution in [-0.2, 0) is 25.9 Å². The van der Waals surface area contributed by atoms with Crippen molar-refractivity contribution in [2.75, 3.05) is 13.7 Å². The molecule has 0 unspecified atom stereocenters. The van der Waals surface area contributed by atoms with Crippen molar-refractivity contribution in [1.82, 2.24) is 14.9 Å². The summed E-state index contributed by atoms with van der Waals surface area (Å²) >= 11 is 0. The summed E-state index contributed by atoms with van der Waals surface area (Å²) in [4.78, 5) is 18.2. The summed E-state index contributed by atoms with van der Waals surface area (Å²) in [6.07, 6.45) is 1.54. The van der Waals surface area contributed by atoms with Gasteiger partial charge in [-0.3, -0.25) is 9.36 Å². The van der Waals surface area contributed by atoms with E-state index in [9.17, 15) is 4.79 Å². The zero-order valence-electron chi connectivity index (χ0n) is 15.4. The number of nitrogens with one attached hydrogen (secondary N) is 1. The fourth-order valence-corrected chi connectivity index (χ4v) is 3.57. The Balaban J connectivity index is 1.83. The van der Waals surface area contributed by atoms with Gasteiger partial charge in [-0.1, -0.05) is 42.5 Å². The van der Waals surface area contributed by atoms with Gasteiger partial charge in [0.15, 0.2) is 0 Å². The van der Waals surface area contributed by atoms with Crippen molar-refractivity contribution in [3.8, 4) is 17.1 Å². The minimum absolute atomic E-state index is 0.0454. The van der Waals surface area contributed by atoms with Crippen LogP contribution < -0.4 is 15.6 Å². The van der Waals surface area contributed by atoms with Gasteiger partial charge in [0, 0.05) is 26.1 Å². The molecule has 0 saturated carbocycles. The molecule has 0 radical (unpaired) electrons. The predicted molar refractivity (Wildman–Crippen MR) is 106 cm³/mol. The number of ether oxygens (including phenoxy) is 1. The van der Waals surface area contributed by atoms with Crippen molar-refractivity contribution in [1.29, 1.82) is 0 Å². The van der Waals surface area contributed by atoms with E-state index in [4.69, 9.17) is 9.72 Å². The van der Waals surface area contributed by atoms with Crippen LogP contribution in [0.15, 0.2) is 59.4 Å². The molecule has 0 bridgehead atoms. The molecular weight excluding hydrogens is 338 g/mol. The summed E-state index contributed by atoms with van der Waals surface area (Å²) in [7, 11) is 1.65. The summed E-state index contributed by atoms with van der Waals surface area (Å²) in [6.45, 7) is 2.01. The van der Waals surface area contributed by atoms with E-state index < -0.39 is 0 Å². The zero-order valence-corrected chi connectivity index (χ0v) is 15.4. The second kappa shape index (κ2) is 7.76. The second-order valence-corrected chi connectivity index (χ2v) is 6.68. The molecule has 1 aromatic heterocycles. The van der Waals surface area contributed by atoms with Gasteiger partial charge in [0.2, 0.25) is 0 Å². The van der Waals surface area contributed by atoms with Crippen LogP contribution in [0.1, 0.15) is 16.8 Å². The van der Waals surface area contributed by atoms with Crippen molar-refractivity contribution in [3.05, 3.63) is 81.8 Å². The van der Waals surface area contributed by atoms with Crippen LogP contribution in [0.4, 0.5) is 0 Å². The van der Waals surface area contributed by atoms with Gasteiger partial charge >= 0.3 is 0 Å². The van der Waals surface area contributed by atoms with Crippen LogP contribution in [0.5, 0.6) is 5.75 Å². The first-order valence-corrected chi connectivity index (χ1v) is 9.28. The molecule has 0 aliphatic carbocycles. The molecule has 4 rings (SSSR count). The molecule has 0 fully saturated rings. The van der Waals surface area contributed by atoms with Crippen LogP contribution in [0, 0.1) is 0 Å². The lowest BCUT2D eigenvalue weighted by molar-refractivity contribution is 0.415. The third-order valence-corrected chi connectivity index (χ3v) is 5.00. The number of nitrogens with zero attached hydrogens (tertiary/aromatic N) is 2. The molecule has 0 amide bonds. The van der Waals surface area contributed by atoms with Gasteiger partial charge in [-0.2, -0.15) is 0 Å². The number of benzene rings is 2. The van der Waals surface area contributed by atoms with E-state index in [2.05, 4.69) is 17.4 Å². The highest BCUT2D eigenvalue weighted by molar-refractivity contribution is 5.64. The van der Waals surface area contributed by atoms with Crippen molar-refractivity contribution >= 4 is 0 Å². The van der Waals surface area contributed by atoms with E-state index in [-0.39, 0.29) is 5.56 Å². The van der Waals surface area contributed by atoms with Gasteiger partial charge in [-0.25, -0.2) is 4.98 Å². The van der Waals surface area contributed by atoms with E-state index in [0.717, 1.165) is 42.0 Å². The lowest BCUT2D eigenvalue weighted by Crippen LogP contribution is -2.36. The Kier molecular flexibility index (Phi) is 5.03. The van der Waals surface area contributed by atoms with E-state index in [1.165, 1.54) is 5.56 Å². The van der Waals surface area contributed by atoms with E-state index in [1.807, 2.05) is 42.5 Å². The average molecular weight is 361 g/mol. The van der Waals surface area contributed by atoms with Gasteiger partial charge in [-0.05, 0) is 24.1 Å². The molecule has 2 aromatic carbocycles. The lowest BCUT2D eigenvalue weighted by Gasteiger charge is -2.21. The Labute approximate surface area is 158 Å². The number of para-hydroxylation sites is 1. The van der Waals surface area contributed by atoms with E-state index in [1.54, 1.807) is 11.7 Å². The number of rotatable bonds is 5. The van der Waals surface area contributed by atoms with Crippen molar-refractivity contribution in [2.24, 2.45) is 0 Å². The third-order valence-electron chi connectivity index (χ3n) is 5.00. The minimum atomic E-state index is 0.0454. The fourth-order valence-electron chi connectivity index (χ4n) is 3.57. The Bertz CT molecular complexity index is 996. The Hall–Kier alpha value is -2.92. The molecule has 0 saturated heterocycles. The van der Waals surface area contributed by atoms with Crippen LogP contribution in [0.25, 0.3) is 11.4 Å². The molecule has 3 aromatic rings. The highest BCUT2D eigenvalue weighted by Crippen LogP contribution is 2.28. The quantitative estimate of drug-likeness (QED) is 0.759. The number of hydrogen-bond acceptors (Lipinski definition) is 4. The summed E-state index contributed by atoms with van der Waals surface area (Å²) in [6, 6.07) is 18.0. The fraction of sp³-hybridized carbons (Fsp3) is 0.273. The summed E-state index contributed by atoms with van der Waals surface area (Å²) in [5, 5.41) is 3.29. The molecule has 1 aliphatic rings. The van der Waals surface area contributed by atoms with Crippen LogP contribution in [-0.4, -0.2) is 23.2 Å². The maximum absolute atomic E-state index is 13.3. The highest BCUT2D eigenvalue weighted by Gasteiger charge is 2.21. The first-order chi connectivity index (χ1) is 13.3. The van der Waals surface area contributed by atoms with Gasteiger partial charge in [-0.15, -0.1) is 0 Å². The first kappa shape index (κ1) is 17.5. The van der Waals surface area contributed by atoms with Crippen molar-refractivity contribution < 1.29 is 4.74 Å². The van der Waals surface area contributed by atoms with Crippen LogP contribution in [0.3, 0.4) is 0 Å². The maximum Gasteiger partial charge on any atom is 0.258 e. The summed E-state index contributed by atoms with van der Waals surface area (Å²) < 4.78 is 7.34. The van der Waals surface area contributed by atoms with Gasteiger partial charge in [0.05, 0.1) is 23.9 Å². The lowest BCUT2D eigenvalue weighted by atomic mass is 10.1. The van der Waals surface area contributed by atoms with Crippen LogP contribution >= 0.6 is 0 Å². The van der Waals surface area contributed by atoms with Crippen molar-refractivity contribution in [2.45, 2.75) is 25.9 Å². The van der Waals surface area contributed by atoms with Gasteiger partial charge in [0.25, 0.3) is 5.56 Å². The van der Waals surface area contributed by atoms with E-state index >= 15 is 0 Å². The van der Waals surface area contributed by atoms with Gasteiger partial charge < -0.3 is 10.1 Å². The van der Waals surface area contributed by atoms with E-state index in [0.29, 0.717) is 18.9 Å². The number of methoxy groups -OCH3 is 1. The maximum atomic E-state index is 13.3. The summed E-state index contributed by atoms with van der Waals surface area (Å²) in [5.41, 5.74) is 3.78. The molecule has 27 heavy (non-hydrogen) atoms. The molecule has 0 spiro atoms. The minimum Gasteiger partial charge on any atom is -0.496 e. The second-order valence-electron chi connectivity index (χ2n) is 6.68. The largest absolute Gasteiger partial charge is 0.496 e. The smallest absolute Gasteiger partial charge is 0.258 e. The number of aromatic nitrogens is 2. The summed E-state index contributed by atoms with van der Waals surface area (Å²) in [5.74, 6) is 1.42. The Morgan fingerprint density at radius 3 is 2.70 bits per heavy atom. The topological polar surface area (TPSA) is 56.1 Å². The molecular formula is C22H23N3O2. The van der Waals surface area contributed by atoms with Crippen molar-refractivity contribution in [3.63, 3.8) is 0 Å². The van der Waals surface area contributed by atoms with Gasteiger partial charge in [0.1, 0.15) is 11.6 Å². The Morgan fingerprint density at radius 2 is 1.89 bits per heavy atom. The monoisotopic (exact) mass is 361 g/mol. The Morgan fingerprint density at radius 1 is 1.11 bits per heavy atom.